The quantitative estimate of drug-likeness (QED) is 0.739. The molecule has 0 saturated carbocycles. The van der Waals surface area contributed by atoms with Crippen LogP contribution in [0.3, 0.4) is 0 Å². The fourth-order valence-electron chi connectivity index (χ4n) is 1.91. The topological polar surface area (TPSA) is 99.2 Å². The van der Waals surface area contributed by atoms with E-state index in [1.165, 1.54) is 30.5 Å². The van der Waals surface area contributed by atoms with Crippen LogP contribution in [0.4, 0.5) is 5.69 Å². The van der Waals surface area contributed by atoms with Gasteiger partial charge in [0, 0.05) is 5.69 Å². The molecule has 0 bridgehead atoms. The first-order valence-corrected chi connectivity index (χ1v) is 6.62. The third-order valence-electron chi connectivity index (χ3n) is 3.04. The number of rotatable bonds is 4. The van der Waals surface area contributed by atoms with E-state index in [1.807, 2.05) is 0 Å². The number of carbonyl (C=O) groups excluding carboxylic acids is 2. The van der Waals surface area contributed by atoms with Crippen molar-refractivity contribution in [3.05, 3.63) is 60.3 Å². The van der Waals surface area contributed by atoms with Gasteiger partial charge in [-0.15, -0.1) is 5.10 Å². The molecular weight excluding hydrogens is 300 g/mol. The van der Waals surface area contributed by atoms with E-state index in [-0.39, 0.29) is 11.6 Å². The molecule has 8 nitrogen and oxygen atoms in total. The van der Waals surface area contributed by atoms with Gasteiger partial charge in [0.2, 0.25) is 0 Å². The van der Waals surface area contributed by atoms with Gasteiger partial charge in [0.15, 0.2) is 5.69 Å². The highest BCUT2D eigenvalue weighted by Gasteiger charge is 2.12. The van der Waals surface area contributed by atoms with Crippen LogP contribution in [0.5, 0.6) is 0 Å². The summed E-state index contributed by atoms with van der Waals surface area (Å²) in [6.07, 6.45) is 4.23. The zero-order valence-electron chi connectivity index (χ0n) is 12.1. The van der Waals surface area contributed by atoms with Crippen LogP contribution >= 0.6 is 0 Å². The van der Waals surface area contributed by atoms with Crippen LogP contribution in [0.1, 0.15) is 20.8 Å². The Morgan fingerprint density at radius 3 is 2.91 bits per heavy atom. The number of furan rings is 1. The van der Waals surface area contributed by atoms with E-state index in [4.69, 9.17) is 4.42 Å². The highest BCUT2D eigenvalue weighted by Crippen LogP contribution is 2.15. The number of amides is 1. The van der Waals surface area contributed by atoms with Crippen molar-refractivity contribution in [2.24, 2.45) is 0 Å². The summed E-state index contributed by atoms with van der Waals surface area (Å²) >= 11 is 0. The lowest BCUT2D eigenvalue weighted by Gasteiger charge is -2.06. The van der Waals surface area contributed by atoms with E-state index < -0.39 is 5.97 Å². The summed E-state index contributed by atoms with van der Waals surface area (Å²) in [5, 5.41) is 10.3. The second-order valence-electron chi connectivity index (χ2n) is 4.56. The third-order valence-corrected chi connectivity index (χ3v) is 3.04. The van der Waals surface area contributed by atoms with Crippen LogP contribution in [0, 0.1) is 0 Å². The number of nitrogens with zero attached hydrogens (tertiary/aromatic N) is 3. The molecular formula is C15H12N4O4. The van der Waals surface area contributed by atoms with Crippen molar-refractivity contribution >= 4 is 17.6 Å². The first-order chi connectivity index (χ1) is 11.2. The van der Waals surface area contributed by atoms with Gasteiger partial charge < -0.3 is 14.5 Å². The van der Waals surface area contributed by atoms with Crippen molar-refractivity contribution in [1.29, 1.82) is 0 Å². The van der Waals surface area contributed by atoms with Crippen LogP contribution < -0.4 is 5.32 Å². The van der Waals surface area contributed by atoms with Crippen molar-refractivity contribution in [1.82, 2.24) is 15.0 Å². The number of ether oxygens (including phenoxy) is 1. The summed E-state index contributed by atoms with van der Waals surface area (Å²) < 4.78 is 10.9. The van der Waals surface area contributed by atoms with Gasteiger partial charge in [0.05, 0.1) is 30.8 Å². The van der Waals surface area contributed by atoms with Gasteiger partial charge in [-0.3, -0.25) is 4.79 Å². The summed E-state index contributed by atoms with van der Waals surface area (Å²) in [5.74, 6) is -0.856. The zero-order valence-corrected chi connectivity index (χ0v) is 12.1. The van der Waals surface area contributed by atoms with E-state index in [2.05, 4.69) is 20.4 Å². The number of carbonyl (C=O) groups is 2. The molecule has 8 heteroatoms. The molecule has 0 fully saturated rings. The Balaban J connectivity index is 1.81. The van der Waals surface area contributed by atoms with Crippen molar-refractivity contribution < 1.29 is 18.7 Å². The van der Waals surface area contributed by atoms with Gasteiger partial charge in [0.1, 0.15) is 6.26 Å². The number of anilines is 1. The van der Waals surface area contributed by atoms with E-state index in [0.29, 0.717) is 16.9 Å². The third kappa shape index (κ3) is 3.10. The first-order valence-electron chi connectivity index (χ1n) is 6.62. The molecule has 0 aliphatic heterocycles. The second kappa shape index (κ2) is 6.14. The minimum absolute atomic E-state index is 0.0975. The van der Waals surface area contributed by atoms with Gasteiger partial charge in [-0.05, 0) is 24.3 Å². The molecule has 2 aromatic heterocycles. The monoisotopic (exact) mass is 312 g/mol. The highest BCUT2D eigenvalue weighted by atomic mass is 16.5. The fraction of sp³-hybridized carbons (Fsp3) is 0.0667. The van der Waals surface area contributed by atoms with Crippen molar-refractivity contribution in [3.8, 4) is 5.69 Å². The molecule has 0 atom stereocenters. The number of hydrogen-bond donors (Lipinski definition) is 1. The lowest BCUT2D eigenvalue weighted by Crippen LogP contribution is -2.11. The Kier molecular flexibility index (Phi) is 3.88. The SMILES string of the molecule is COC(=O)c1cn(-c2cccc(NC(=O)c3ccoc3)c2)nn1. The Bertz CT molecular complexity index is 839. The average molecular weight is 312 g/mol. The molecule has 0 unspecified atom stereocenters. The number of methoxy groups -OCH3 is 1. The smallest absolute Gasteiger partial charge is 0.360 e. The number of esters is 1. The molecule has 23 heavy (non-hydrogen) atoms. The van der Waals surface area contributed by atoms with Crippen molar-refractivity contribution in [2.75, 3.05) is 12.4 Å². The molecule has 3 aromatic rings. The van der Waals surface area contributed by atoms with Crippen LogP contribution in [0.15, 0.2) is 53.5 Å². The number of nitrogens with one attached hydrogen (secondary N) is 1. The van der Waals surface area contributed by atoms with Gasteiger partial charge >= 0.3 is 5.97 Å². The standard InChI is InChI=1S/C15H12N4O4/c1-22-15(21)13-8-19(18-17-13)12-4-2-3-11(7-12)16-14(20)10-5-6-23-9-10/h2-9H,1H3,(H,16,20). The number of benzene rings is 1. The predicted octanol–water partition coefficient (Wildman–Crippen LogP) is 1.90. The Morgan fingerprint density at radius 1 is 1.30 bits per heavy atom. The van der Waals surface area contributed by atoms with Gasteiger partial charge in [0.25, 0.3) is 5.91 Å². The molecule has 1 amide bonds. The van der Waals surface area contributed by atoms with Crippen molar-refractivity contribution in [3.63, 3.8) is 0 Å². The minimum atomic E-state index is -0.569. The van der Waals surface area contributed by atoms with E-state index >= 15 is 0 Å². The summed E-state index contributed by atoms with van der Waals surface area (Å²) in [5.41, 5.74) is 1.73. The van der Waals surface area contributed by atoms with Crippen LogP contribution in [0.25, 0.3) is 5.69 Å². The largest absolute Gasteiger partial charge is 0.472 e. The Hall–Kier alpha value is -3.42. The van der Waals surface area contributed by atoms with Gasteiger partial charge in [-0.1, -0.05) is 11.3 Å². The maximum Gasteiger partial charge on any atom is 0.360 e. The molecule has 0 spiro atoms. The van der Waals surface area contributed by atoms with Crippen molar-refractivity contribution in [2.45, 2.75) is 0 Å². The molecule has 1 N–H and O–H groups in total. The summed E-state index contributed by atoms with van der Waals surface area (Å²) in [6, 6.07) is 8.52. The maximum absolute atomic E-state index is 12.0. The average Bonchev–Trinajstić information content (AvgIpc) is 3.26. The first kappa shape index (κ1) is 14.5. The lowest BCUT2D eigenvalue weighted by molar-refractivity contribution is 0.0593. The van der Waals surface area contributed by atoms with Crippen LogP contribution in [0.2, 0.25) is 0 Å². The van der Waals surface area contributed by atoms with Crippen LogP contribution in [-0.2, 0) is 4.74 Å². The molecule has 1 aromatic carbocycles. The molecule has 116 valence electrons. The Morgan fingerprint density at radius 2 is 2.17 bits per heavy atom. The molecule has 0 radical (unpaired) electrons. The number of aromatic nitrogens is 3. The van der Waals surface area contributed by atoms with Gasteiger partial charge in [-0.25, -0.2) is 9.48 Å². The predicted molar refractivity (Wildman–Crippen MR) is 79.4 cm³/mol. The Labute approximate surface area is 130 Å². The lowest BCUT2D eigenvalue weighted by atomic mass is 10.2. The van der Waals surface area contributed by atoms with Crippen LogP contribution in [-0.4, -0.2) is 34.0 Å². The molecule has 0 saturated heterocycles. The highest BCUT2D eigenvalue weighted by molar-refractivity contribution is 6.04. The molecule has 0 aliphatic rings. The number of hydrogen-bond acceptors (Lipinski definition) is 6. The summed E-state index contributed by atoms with van der Waals surface area (Å²) in [4.78, 5) is 23.4. The zero-order chi connectivity index (χ0) is 16.2. The normalized spacial score (nSPS) is 10.3. The van der Waals surface area contributed by atoms with E-state index in [1.54, 1.807) is 30.3 Å². The molecule has 0 aliphatic carbocycles. The molecule has 3 rings (SSSR count). The van der Waals surface area contributed by atoms with Gasteiger partial charge in [-0.2, -0.15) is 0 Å². The summed E-state index contributed by atoms with van der Waals surface area (Å²) in [6.45, 7) is 0. The minimum Gasteiger partial charge on any atom is -0.472 e. The van der Waals surface area contributed by atoms with E-state index in [9.17, 15) is 9.59 Å². The van der Waals surface area contributed by atoms with E-state index in [0.717, 1.165) is 0 Å². The summed E-state index contributed by atoms with van der Waals surface area (Å²) in [7, 11) is 1.27. The fourth-order valence-corrected chi connectivity index (χ4v) is 1.91. The molecule has 2 heterocycles. The second-order valence-corrected chi connectivity index (χ2v) is 4.56. The maximum atomic E-state index is 12.0.